The van der Waals surface area contributed by atoms with Gasteiger partial charge in [-0.25, -0.2) is 0 Å². The van der Waals surface area contributed by atoms with E-state index in [2.05, 4.69) is 5.32 Å². The molecule has 0 spiro atoms. The number of nitrogens with zero attached hydrogens (tertiary/aromatic N) is 1. The van der Waals surface area contributed by atoms with Gasteiger partial charge in [0.25, 0.3) is 0 Å². The number of aryl methyl sites for hydroxylation is 1. The normalized spacial score (nSPS) is 10.9. The van der Waals surface area contributed by atoms with E-state index in [0.29, 0.717) is 22.3 Å². The number of carbonyl (C=O) groups excluding carboxylic acids is 1. The predicted octanol–water partition coefficient (Wildman–Crippen LogP) is 3.97. The Morgan fingerprint density at radius 3 is 2.62 bits per heavy atom. The molecule has 2 rings (SSSR count). The molecule has 0 atom stereocenters. The zero-order chi connectivity index (χ0) is 15.4. The standard InChI is InChI=1S/C15H16Cl2N2O2/c1-10-3-5-12(21-10)8-19(2)9-15(20)18-11-4-6-13(16)14(17)7-11/h3-7H,8-9H2,1-2H3,(H,18,20). The average Bonchev–Trinajstić information content (AvgIpc) is 2.79. The summed E-state index contributed by atoms with van der Waals surface area (Å²) in [4.78, 5) is 13.8. The Balaban J connectivity index is 1.87. The Labute approximate surface area is 133 Å². The first-order valence-corrected chi connectivity index (χ1v) is 7.18. The van der Waals surface area contributed by atoms with Crippen LogP contribution in [0.2, 0.25) is 10.0 Å². The summed E-state index contributed by atoms with van der Waals surface area (Å²) in [6.45, 7) is 2.71. The summed E-state index contributed by atoms with van der Waals surface area (Å²) in [5.74, 6) is 1.56. The molecule has 0 aliphatic rings. The molecular weight excluding hydrogens is 311 g/mol. The Kier molecular flexibility index (Phi) is 5.28. The van der Waals surface area contributed by atoms with Gasteiger partial charge in [0, 0.05) is 5.69 Å². The zero-order valence-corrected chi connectivity index (χ0v) is 13.3. The van der Waals surface area contributed by atoms with Gasteiger partial charge in [0.1, 0.15) is 11.5 Å². The number of benzene rings is 1. The lowest BCUT2D eigenvalue weighted by molar-refractivity contribution is -0.117. The van der Waals surface area contributed by atoms with E-state index >= 15 is 0 Å². The first kappa shape index (κ1) is 15.9. The minimum absolute atomic E-state index is 0.126. The van der Waals surface area contributed by atoms with Gasteiger partial charge in [-0.2, -0.15) is 0 Å². The zero-order valence-electron chi connectivity index (χ0n) is 11.8. The van der Waals surface area contributed by atoms with Crippen LogP contribution in [0.5, 0.6) is 0 Å². The minimum Gasteiger partial charge on any atom is -0.465 e. The molecule has 0 bridgehead atoms. The average molecular weight is 327 g/mol. The third-order valence-corrected chi connectivity index (χ3v) is 3.58. The molecule has 1 aromatic carbocycles. The highest BCUT2D eigenvalue weighted by atomic mass is 35.5. The van der Waals surface area contributed by atoms with Gasteiger partial charge >= 0.3 is 0 Å². The molecule has 0 fully saturated rings. The van der Waals surface area contributed by atoms with E-state index in [0.717, 1.165) is 11.5 Å². The second-order valence-electron chi connectivity index (χ2n) is 4.86. The molecule has 6 heteroatoms. The maximum Gasteiger partial charge on any atom is 0.238 e. The van der Waals surface area contributed by atoms with E-state index in [1.165, 1.54) is 0 Å². The molecule has 0 aliphatic carbocycles. The lowest BCUT2D eigenvalue weighted by Gasteiger charge is -2.15. The second-order valence-corrected chi connectivity index (χ2v) is 5.68. The van der Waals surface area contributed by atoms with Crippen LogP contribution < -0.4 is 5.32 Å². The maximum atomic E-state index is 12.0. The number of rotatable bonds is 5. The summed E-state index contributed by atoms with van der Waals surface area (Å²) in [6, 6.07) is 8.79. The van der Waals surface area contributed by atoms with Crippen molar-refractivity contribution in [1.82, 2.24) is 4.90 Å². The van der Waals surface area contributed by atoms with E-state index in [-0.39, 0.29) is 12.5 Å². The van der Waals surface area contributed by atoms with Gasteiger partial charge in [-0.15, -0.1) is 0 Å². The fraction of sp³-hybridized carbons (Fsp3) is 0.267. The van der Waals surface area contributed by atoms with Crippen molar-refractivity contribution in [3.63, 3.8) is 0 Å². The minimum atomic E-state index is -0.126. The van der Waals surface area contributed by atoms with Crippen LogP contribution in [0.15, 0.2) is 34.7 Å². The van der Waals surface area contributed by atoms with Gasteiger partial charge in [-0.3, -0.25) is 9.69 Å². The molecular formula is C15H16Cl2N2O2. The number of carbonyl (C=O) groups is 1. The van der Waals surface area contributed by atoms with Crippen molar-refractivity contribution in [2.24, 2.45) is 0 Å². The van der Waals surface area contributed by atoms with Crippen molar-refractivity contribution < 1.29 is 9.21 Å². The van der Waals surface area contributed by atoms with Gasteiger partial charge in [0.05, 0.1) is 23.1 Å². The first-order valence-electron chi connectivity index (χ1n) is 6.43. The number of likely N-dealkylation sites (N-methyl/N-ethyl adjacent to an activating group) is 1. The van der Waals surface area contributed by atoms with Crippen LogP contribution in [0.1, 0.15) is 11.5 Å². The van der Waals surface area contributed by atoms with Crippen molar-refractivity contribution in [2.75, 3.05) is 18.9 Å². The summed E-state index contributed by atoms with van der Waals surface area (Å²) in [6.07, 6.45) is 0. The van der Waals surface area contributed by atoms with Crippen LogP contribution in [0.4, 0.5) is 5.69 Å². The van der Waals surface area contributed by atoms with E-state index in [1.54, 1.807) is 18.2 Å². The highest BCUT2D eigenvalue weighted by molar-refractivity contribution is 6.42. The molecule has 0 saturated carbocycles. The number of hydrogen-bond donors (Lipinski definition) is 1. The summed E-state index contributed by atoms with van der Waals surface area (Å²) in [5.41, 5.74) is 0.622. The monoisotopic (exact) mass is 326 g/mol. The van der Waals surface area contributed by atoms with Crippen molar-refractivity contribution in [3.8, 4) is 0 Å². The molecule has 1 heterocycles. The van der Waals surface area contributed by atoms with Crippen molar-refractivity contribution in [1.29, 1.82) is 0 Å². The van der Waals surface area contributed by atoms with E-state index in [1.807, 2.05) is 31.0 Å². The topological polar surface area (TPSA) is 45.5 Å². The largest absolute Gasteiger partial charge is 0.465 e. The fourth-order valence-corrected chi connectivity index (χ4v) is 2.21. The predicted molar refractivity (Wildman–Crippen MR) is 84.9 cm³/mol. The number of halogens is 2. The summed E-state index contributed by atoms with van der Waals surface area (Å²) >= 11 is 11.7. The first-order chi connectivity index (χ1) is 9.94. The number of amides is 1. The molecule has 112 valence electrons. The molecule has 4 nitrogen and oxygen atoms in total. The van der Waals surface area contributed by atoms with Crippen LogP contribution >= 0.6 is 23.2 Å². The third-order valence-electron chi connectivity index (χ3n) is 2.84. The second kappa shape index (κ2) is 6.98. The number of furan rings is 1. The molecule has 2 aromatic rings. The summed E-state index contributed by atoms with van der Waals surface area (Å²) in [7, 11) is 1.85. The molecule has 0 aliphatic heterocycles. The summed E-state index contributed by atoms with van der Waals surface area (Å²) in [5, 5.41) is 3.65. The van der Waals surface area contributed by atoms with E-state index in [9.17, 15) is 4.79 Å². The van der Waals surface area contributed by atoms with Crippen LogP contribution in [0, 0.1) is 6.92 Å². The molecule has 1 amide bonds. The lowest BCUT2D eigenvalue weighted by atomic mass is 10.3. The van der Waals surface area contributed by atoms with E-state index < -0.39 is 0 Å². The Hall–Kier alpha value is -1.49. The van der Waals surface area contributed by atoms with Crippen molar-refractivity contribution in [2.45, 2.75) is 13.5 Å². The van der Waals surface area contributed by atoms with Crippen LogP contribution in [0.25, 0.3) is 0 Å². The Bertz CT molecular complexity index is 640. The fourth-order valence-electron chi connectivity index (χ4n) is 1.91. The van der Waals surface area contributed by atoms with Gasteiger partial charge < -0.3 is 9.73 Å². The molecule has 1 aromatic heterocycles. The Morgan fingerprint density at radius 1 is 1.24 bits per heavy atom. The smallest absolute Gasteiger partial charge is 0.238 e. The number of anilines is 1. The molecule has 0 radical (unpaired) electrons. The molecule has 21 heavy (non-hydrogen) atoms. The third kappa shape index (κ3) is 4.77. The number of hydrogen-bond acceptors (Lipinski definition) is 3. The number of nitrogens with one attached hydrogen (secondary N) is 1. The van der Waals surface area contributed by atoms with Crippen LogP contribution in [-0.4, -0.2) is 24.4 Å². The molecule has 0 unspecified atom stereocenters. The molecule has 1 N–H and O–H groups in total. The quantitative estimate of drug-likeness (QED) is 0.904. The van der Waals surface area contributed by atoms with E-state index in [4.69, 9.17) is 27.6 Å². The van der Waals surface area contributed by atoms with Crippen molar-refractivity contribution in [3.05, 3.63) is 51.9 Å². The van der Waals surface area contributed by atoms with Gasteiger partial charge in [-0.05, 0) is 44.3 Å². The maximum absolute atomic E-state index is 12.0. The molecule has 0 saturated heterocycles. The van der Waals surface area contributed by atoms with Gasteiger partial charge in [0.15, 0.2) is 0 Å². The van der Waals surface area contributed by atoms with Crippen molar-refractivity contribution >= 4 is 34.8 Å². The lowest BCUT2D eigenvalue weighted by Crippen LogP contribution is -2.29. The van der Waals surface area contributed by atoms with Crippen LogP contribution in [0.3, 0.4) is 0 Å². The van der Waals surface area contributed by atoms with Crippen LogP contribution in [-0.2, 0) is 11.3 Å². The SMILES string of the molecule is Cc1ccc(CN(C)CC(=O)Nc2ccc(Cl)c(Cl)c2)o1. The van der Waals surface area contributed by atoms with Gasteiger partial charge in [-0.1, -0.05) is 23.2 Å². The summed E-state index contributed by atoms with van der Waals surface area (Å²) < 4.78 is 5.48. The highest BCUT2D eigenvalue weighted by Gasteiger charge is 2.10. The van der Waals surface area contributed by atoms with Gasteiger partial charge in [0.2, 0.25) is 5.91 Å². The Morgan fingerprint density at radius 2 is 2.00 bits per heavy atom. The highest BCUT2D eigenvalue weighted by Crippen LogP contribution is 2.24.